The van der Waals surface area contributed by atoms with Crippen LogP contribution in [0.15, 0.2) is 0 Å². The van der Waals surface area contributed by atoms with Gasteiger partial charge >= 0.3 is 0 Å². The third-order valence-electron chi connectivity index (χ3n) is 4.29. The fourth-order valence-electron chi connectivity index (χ4n) is 3.23. The molecule has 106 valence electrons. The normalized spacial score (nSPS) is 25.9. The van der Waals surface area contributed by atoms with Crippen LogP contribution in [0.5, 0.6) is 0 Å². The molecule has 0 aromatic heterocycles. The number of piperidine rings is 2. The first-order valence-corrected chi connectivity index (χ1v) is 7.21. The van der Waals surface area contributed by atoms with Gasteiger partial charge in [0, 0.05) is 18.5 Å². The van der Waals surface area contributed by atoms with Gasteiger partial charge in [0.25, 0.3) is 0 Å². The molecule has 3 nitrogen and oxygen atoms in total. The van der Waals surface area contributed by atoms with E-state index < -0.39 is 0 Å². The summed E-state index contributed by atoms with van der Waals surface area (Å²) < 4.78 is 0. The maximum absolute atomic E-state index is 12.6. The second kappa shape index (κ2) is 7.34. The Morgan fingerprint density at radius 3 is 2.44 bits per heavy atom. The van der Waals surface area contributed by atoms with Gasteiger partial charge in [0.15, 0.2) is 0 Å². The highest BCUT2D eigenvalue weighted by atomic mass is 35.5. The summed E-state index contributed by atoms with van der Waals surface area (Å²) in [5, 5.41) is 3.34. The molecule has 2 saturated heterocycles. The van der Waals surface area contributed by atoms with Crippen LogP contribution in [0.25, 0.3) is 0 Å². The summed E-state index contributed by atoms with van der Waals surface area (Å²) in [5.74, 6) is 1.32. The molecule has 0 spiro atoms. The van der Waals surface area contributed by atoms with E-state index in [1.165, 1.54) is 19.3 Å². The van der Waals surface area contributed by atoms with Gasteiger partial charge in [0.05, 0.1) is 0 Å². The fourth-order valence-corrected chi connectivity index (χ4v) is 3.23. The SMILES string of the molecule is CC(C)C1CCCCN1C(=O)C1CCNCC1.Cl. The van der Waals surface area contributed by atoms with Crippen molar-refractivity contribution in [1.29, 1.82) is 0 Å². The predicted octanol–water partition coefficient (Wildman–Crippen LogP) is 2.44. The topological polar surface area (TPSA) is 32.3 Å². The zero-order valence-corrected chi connectivity index (χ0v) is 12.5. The van der Waals surface area contributed by atoms with Crippen LogP contribution in [0, 0.1) is 11.8 Å². The van der Waals surface area contributed by atoms with Gasteiger partial charge in [-0.3, -0.25) is 4.79 Å². The number of nitrogens with zero attached hydrogens (tertiary/aromatic N) is 1. The molecule has 1 unspecified atom stereocenters. The van der Waals surface area contributed by atoms with Gasteiger partial charge in [-0.15, -0.1) is 12.4 Å². The number of halogens is 1. The van der Waals surface area contributed by atoms with Gasteiger partial charge < -0.3 is 10.2 Å². The van der Waals surface area contributed by atoms with Crippen LogP contribution in [0.3, 0.4) is 0 Å². The van der Waals surface area contributed by atoms with Crippen molar-refractivity contribution in [3.05, 3.63) is 0 Å². The third kappa shape index (κ3) is 3.61. The monoisotopic (exact) mass is 274 g/mol. The highest BCUT2D eigenvalue weighted by Crippen LogP contribution is 2.26. The molecule has 0 aromatic carbocycles. The molecule has 2 heterocycles. The predicted molar refractivity (Wildman–Crippen MR) is 77.0 cm³/mol. The lowest BCUT2D eigenvalue weighted by atomic mass is 9.89. The van der Waals surface area contributed by atoms with E-state index in [0.717, 1.165) is 32.5 Å². The van der Waals surface area contributed by atoms with Crippen molar-refractivity contribution in [2.75, 3.05) is 19.6 Å². The Labute approximate surface area is 117 Å². The van der Waals surface area contributed by atoms with Gasteiger partial charge in [0.2, 0.25) is 5.91 Å². The van der Waals surface area contributed by atoms with Crippen LogP contribution in [-0.2, 0) is 4.79 Å². The molecule has 2 aliphatic rings. The summed E-state index contributed by atoms with van der Waals surface area (Å²) in [4.78, 5) is 14.8. The van der Waals surface area contributed by atoms with Crippen LogP contribution in [-0.4, -0.2) is 36.5 Å². The van der Waals surface area contributed by atoms with Crippen LogP contribution in [0.4, 0.5) is 0 Å². The number of amides is 1. The Kier molecular flexibility index (Phi) is 6.44. The van der Waals surface area contributed by atoms with Crippen LogP contribution < -0.4 is 5.32 Å². The van der Waals surface area contributed by atoms with Crippen LogP contribution in [0.1, 0.15) is 46.0 Å². The van der Waals surface area contributed by atoms with Crippen molar-refractivity contribution in [2.24, 2.45) is 11.8 Å². The highest BCUT2D eigenvalue weighted by Gasteiger charge is 2.33. The van der Waals surface area contributed by atoms with Gasteiger partial charge in [-0.2, -0.15) is 0 Å². The summed E-state index contributed by atoms with van der Waals surface area (Å²) in [7, 11) is 0. The smallest absolute Gasteiger partial charge is 0.226 e. The van der Waals surface area contributed by atoms with Crippen molar-refractivity contribution in [3.63, 3.8) is 0 Å². The molecule has 18 heavy (non-hydrogen) atoms. The number of hydrogen-bond acceptors (Lipinski definition) is 2. The maximum atomic E-state index is 12.6. The number of hydrogen-bond donors (Lipinski definition) is 1. The average Bonchev–Trinajstić information content (AvgIpc) is 2.39. The number of rotatable bonds is 2. The Hall–Kier alpha value is -0.280. The number of carbonyl (C=O) groups is 1. The van der Waals surface area contributed by atoms with Crippen LogP contribution in [0.2, 0.25) is 0 Å². The molecule has 0 aliphatic carbocycles. The number of carbonyl (C=O) groups excluding carboxylic acids is 1. The highest BCUT2D eigenvalue weighted by molar-refractivity contribution is 5.85. The first-order chi connectivity index (χ1) is 8.20. The quantitative estimate of drug-likeness (QED) is 0.839. The molecule has 2 fully saturated rings. The molecule has 2 aliphatic heterocycles. The van der Waals surface area contributed by atoms with E-state index >= 15 is 0 Å². The van der Waals surface area contributed by atoms with Crippen molar-refractivity contribution >= 4 is 18.3 Å². The molecule has 1 atom stereocenters. The molecule has 1 N–H and O–H groups in total. The van der Waals surface area contributed by atoms with Gasteiger partial charge in [-0.25, -0.2) is 0 Å². The fraction of sp³-hybridized carbons (Fsp3) is 0.929. The van der Waals surface area contributed by atoms with E-state index in [1.807, 2.05) is 0 Å². The lowest BCUT2D eigenvalue weighted by Gasteiger charge is -2.40. The van der Waals surface area contributed by atoms with E-state index in [-0.39, 0.29) is 18.3 Å². The first-order valence-electron chi connectivity index (χ1n) is 7.21. The minimum atomic E-state index is 0. The average molecular weight is 275 g/mol. The lowest BCUT2D eigenvalue weighted by Crippen LogP contribution is -2.50. The minimum absolute atomic E-state index is 0. The van der Waals surface area contributed by atoms with Crippen molar-refractivity contribution in [2.45, 2.75) is 52.0 Å². The molecule has 0 saturated carbocycles. The van der Waals surface area contributed by atoms with E-state index in [0.29, 0.717) is 17.9 Å². The maximum Gasteiger partial charge on any atom is 0.226 e. The van der Waals surface area contributed by atoms with Crippen molar-refractivity contribution in [3.8, 4) is 0 Å². The zero-order chi connectivity index (χ0) is 12.3. The molecule has 0 aromatic rings. The molecular formula is C14H27ClN2O. The first kappa shape index (κ1) is 15.8. The van der Waals surface area contributed by atoms with E-state index in [1.54, 1.807) is 0 Å². The standard InChI is InChI=1S/C14H26N2O.ClH/c1-11(2)13-5-3-4-10-16(13)14(17)12-6-8-15-9-7-12;/h11-13,15H,3-10H2,1-2H3;1H. The Morgan fingerprint density at radius 1 is 1.17 bits per heavy atom. The summed E-state index contributed by atoms with van der Waals surface area (Å²) in [6.45, 7) is 7.51. The minimum Gasteiger partial charge on any atom is -0.339 e. The third-order valence-corrected chi connectivity index (χ3v) is 4.29. The molecule has 0 bridgehead atoms. The summed E-state index contributed by atoms with van der Waals surface area (Å²) in [6, 6.07) is 0.492. The number of likely N-dealkylation sites (tertiary alicyclic amines) is 1. The van der Waals surface area contributed by atoms with E-state index in [4.69, 9.17) is 0 Å². The van der Waals surface area contributed by atoms with Gasteiger partial charge in [-0.1, -0.05) is 13.8 Å². The molecule has 2 rings (SSSR count). The summed E-state index contributed by atoms with van der Waals surface area (Å²) in [5.41, 5.74) is 0. The van der Waals surface area contributed by atoms with Crippen molar-refractivity contribution < 1.29 is 4.79 Å². The summed E-state index contributed by atoms with van der Waals surface area (Å²) in [6.07, 6.45) is 5.74. The Balaban J connectivity index is 0.00000162. The number of nitrogens with one attached hydrogen (secondary N) is 1. The largest absolute Gasteiger partial charge is 0.339 e. The van der Waals surface area contributed by atoms with Gasteiger partial charge in [-0.05, 0) is 51.1 Å². The second-order valence-electron chi connectivity index (χ2n) is 5.86. The van der Waals surface area contributed by atoms with E-state index in [2.05, 4.69) is 24.1 Å². The Bertz CT molecular complexity index is 265. The summed E-state index contributed by atoms with van der Waals surface area (Å²) >= 11 is 0. The van der Waals surface area contributed by atoms with Crippen LogP contribution >= 0.6 is 12.4 Å². The molecule has 4 heteroatoms. The lowest BCUT2D eigenvalue weighted by molar-refractivity contribution is -0.141. The van der Waals surface area contributed by atoms with Gasteiger partial charge in [0.1, 0.15) is 0 Å². The Morgan fingerprint density at radius 2 is 1.83 bits per heavy atom. The van der Waals surface area contributed by atoms with E-state index in [9.17, 15) is 4.79 Å². The zero-order valence-electron chi connectivity index (χ0n) is 11.7. The molecular weight excluding hydrogens is 248 g/mol. The molecule has 0 radical (unpaired) electrons. The van der Waals surface area contributed by atoms with Crippen molar-refractivity contribution in [1.82, 2.24) is 10.2 Å². The molecule has 1 amide bonds. The second-order valence-corrected chi connectivity index (χ2v) is 5.86.